The summed E-state index contributed by atoms with van der Waals surface area (Å²) in [7, 11) is 0. The van der Waals surface area contributed by atoms with Gasteiger partial charge in [-0.25, -0.2) is 19.0 Å². The Hall–Kier alpha value is -2.48. The molecule has 0 atom stereocenters. The number of carbonyl (C=O) groups excluding carboxylic acids is 2. The average molecular weight is 323 g/mol. The summed E-state index contributed by atoms with van der Waals surface area (Å²) >= 11 is 1.12. The third kappa shape index (κ3) is 4.52. The van der Waals surface area contributed by atoms with Crippen molar-refractivity contribution in [2.75, 3.05) is 11.9 Å². The van der Waals surface area contributed by atoms with Crippen molar-refractivity contribution < 1.29 is 18.7 Å². The van der Waals surface area contributed by atoms with E-state index in [2.05, 4.69) is 15.6 Å². The number of benzene rings is 1. The van der Waals surface area contributed by atoms with Crippen LogP contribution in [-0.4, -0.2) is 23.6 Å². The second-order valence-corrected chi connectivity index (χ2v) is 5.05. The quantitative estimate of drug-likeness (QED) is 0.829. The summed E-state index contributed by atoms with van der Waals surface area (Å²) in [6.07, 6.45) is 0. The maximum Gasteiger partial charge on any atom is 0.357 e. The van der Waals surface area contributed by atoms with Gasteiger partial charge in [-0.1, -0.05) is 12.1 Å². The van der Waals surface area contributed by atoms with Gasteiger partial charge in [-0.2, -0.15) is 0 Å². The normalized spacial score (nSPS) is 10.1. The number of nitrogens with zero attached hydrogens (tertiary/aromatic N) is 1. The lowest BCUT2D eigenvalue weighted by Gasteiger charge is -2.05. The lowest BCUT2D eigenvalue weighted by molar-refractivity contribution is 0.0520. The third-order valence-corrected chi connectivity index (χ3v) is 3.33. The number of hydrogen-bond donors (Lipinski definition) is 2. The van der Waals surface area contributed by atoms with E-state index < -0.39 is 12.0 Å². The van der Waals surface area contributed by atoms with Crippen molar-refractivity contribution >= 4 is 28.5 Å². The molecule has 1 aromatic heterocycles. The van der Waals surface area contributed by atoms with E-state index in [1.54, 1.807) is 19.1 Å². The molecule has 6 nitrogen and oxygen atoms in total. The van der Waals surface area contributed by atoms with Crippen LogP contribution in [0.15, 0.2) is 29.6 Å². The smallest absolute Gasteiger partial charge is 0.357 e. The Morgan fingerprint density at radius 3 is 2.73 bits per heavy atom. The summed E-state index contributed by atoms with van der Waals surface area (Å²) in [5, 5.41) is 6.92. The number of carbonyl (C=O) groups is 2. The molecule has 1 heterocycles. The van der Waals surface area contributed by atoms with Crippen molar-refractivity contribution in [1.29, 1.82) is 0 Å². The number of aromatic nitrogens is 1. The predicted octanol–water partition coefficient (Wildman–Crippen LogP) is 2.78. The van der Waals surface area contributed by atoms with Crippen LogP contribution < -0.4 is 10.6 Å². The highest BCUT2D eigenvalue weighted by atomic mass is 32.1. The van der Waals surface area contributed by atoms with Crippen molar-refractivity contribution in [3.05, 3.63) is 46.7 Å². The fourth-order valence-corrected chi connectivity index (χ4v) is 2.23. The van der Waals surface area contributed by atoms with Gasteiger partial charge in [0.1, 0.15) is 5.82 Å². The monoisotopic (exact) mass is 323 g/mol. The average Bonchev–Trinajstić information content (AvgIpc) is 2.95. The first-order valence-electron chi connectivity index (χ1n) is 6.50. The topological polar surface area (TPSA) is 80.3 Å². The number of hydrogen-bond acceptors (Lipinski definition) is 5. The van der Waals surface area contributed by atoms with Crippen molar-refractivity contribution in [1.82, 2.24) is 10.3 Å². The highest BCUT2D eigenvalue weighted by Gasteiger charge is 2.12. The molecule has 2 N–H and O–H groups in total. The van der Waals surface area contributed by atoms with E-state index in [0.717, 1.165) is 16.9 Å². The molecule has 22 heavy (non-hydrogen) atoms. The second-order valence-electron chi connectivity index (χ2n) is 4.19. The van der Waals surface area contributed by atoms with Gasteiger partial charge in [0.15, 0.2) is 10.8 Å². The van der Waals surface area contributed by atoms with Crippen LogP contribution in [0.1, 0.15) is 23.0 Å². The Labute approximate surface area is 130 Å². The van der Waals surface area contributed by atoms with Crippen molar-refractivity contribution in [2.24, 2.45) is 0 Å². The van der Waals surface area contributed by atoms with Crippen molar-refractivity contribution in [2.45, 2.75) is 13.5 Å². The molecule has 0 saturated heterocycles. The zero-order chi connectivity index (χ0) is 15.9. The Kier molecular flexibility index (Phi) is 5.42. The van der Waals surface area contributed by atoms with E-state index in [4.69, 9.17) is 4.74 Å². The molecule has 0 bridgehead atoms. The summed E-state index contributed by atoms with van der Waals surface area (Å²) in [6, 6.07) is 5.34. The van der Waals surface area contributed by atoms with Crippen molar-refractivity contribution in [3.8, 4) is 0 Å². The van der Waals surface area contributed by atoms with Gasteiger partial charge in [0, 0.05) is 11.9 Å². The number of amides is 2. The van der Waals surface area contributed by atoms with Crippen LogP contribution in [0.25, 0.3) is 0 Å². The van der Waals surface area contributed by atoms with Gasteiger partial charge >= 0.3 is 12.0 Å². The van der Waals surface area contributed by atoms with Gasteiger partial charge in [0.05, 0.1) is 6.61 Å². The molecule has 1 aromatic carbocycles. The zero-order valence-corrected chi connectivity index (χ0v) is 12.6. The minimum atomic E-state index is -0.529. The molecule has 116 valence electrons. The first kappa shape index (κ1) is 15.9. The number of anilines is 1. The van der Waals surface area contributed by atoms with Crippen LogP contribution >= 0.6 is 11.3 Å². The molecule has 0 aliphatic heterocycles. The molecular weight excluding hydrogens is 309 g/mol. The van der Waals surface area contributed by atoms with Gasteiger partial charge in [-0.15, -0.1) is 11.3 Å². The van der Waals surface area contributed by atoms with Gasteiger partial charge in [0.2, 0.25) is 0 Å². The number of esters is 1. The summed E-state index contributed by atoms with van der Waals surface area (Å²) in [5.74, 6) is -0.860. The maximum absolute atomic E-state index is 12.8. The number of thiazole rings is 1. The van der Waals surface area contributed by atoms with E-state index in [0.29, 0.717) is 5.13 Å². The summed E-state index contributed by atoms with van der Waals surface area (Å²) in [4.78, 5) is 27.1. The highest BCUT2D eigenvalue weighted by Crippen LogP contribution is 2.16. The zero-order valence-electron chi connectivity index (χ0n) is 11.8. The Bertz CT molecular complexity index is 658. The van der Waals surface area contributed by atoms with E-state index in [-0.39, 0.29) is 24.7 Å². The number of rotatable bonds is 5. The molecule has 2 rings (SSSR count). The minimum absolute atomic E-state index is 0.153. The summed E-state index contributed by atoms with van der Waals surface area (Å²) in [5.41, 5.74) is 0.920. The number of urea groups is 1. The molecule has 0 aliphatic rings. The molecule has 0 aliphatic carbocycles. The number of ether oxygens (including phenoxy) is 1. The second kappa shape index (κ2) is 7.51. The third-order valence-electron chi connectivity index (χ3n) is 2.58. The van der Waals surface area contributed by atoms with Gasteiger partial charge in [-0.05, 0) is 24.6 Å². The highest BCUT2D eigenvalue weighted by molar-refractivity contribution is 7.14. The summed E-state index contributed by atoms with van der Waals surface area (Å²) in [6.45, 7) is 2.21. The molecule has 2 amide bonds. The molecule has 0 spiro atoms. The van der Waals surface area contributed by atoms with Gasteiger partial charge < -0.3 is 10.1 Å². The van der Waals surface area contributed by atoms with E-state index in [1.165, 1.54) is 17.5 Å². The lowest BCUT2D eigenvalue weighted by Crippen LogP contribution is -2.28. The first-order chi connectivity index (χ1) is 10.6. The molecule has 8 heteroatoms. The largest absolute Gasteiger partial charge is 0.461 e. The number of halogens is 1. The molecule has 2 aromatic rings. The van der Waals surface area contributed by atoms with Gasteiger partial charge in [-0.3, -0.25) is 5.32 Å². The van der Waals surface area contributed by atoms with Crippen LogP contribution in [0.2, 0.25) is 0 Å². The molecule has 0 unspecified atom stereocenters. The van der Waals surface area contributed by atoms with Crippen LogP contribution in [0.5, 0.6) is 0 Å². The Morgan fingerprint density at radius 1 is 1.32 bits per heavy atom. The van der Waals surface area contributed by atoms with E-state index in [1.807, 2.05) is 0 Å². The van der Waals surface area contributed by atoms with Crippen molar-refractivity contribution in [3.63, 3.8) is 0 Å². The molecule has 0 fully saturated rings. The maximum atomic E-state index is 12.8. The summed E-state index contributed by atoms with van der Waals surface area (Å²) < 4.78 is 17.6. The van der Waals surface area contributed by atoms with Gasteiger partial charge in [0.25, 0.3) is 0 Å². The van der Waals surface area contributed by atoms with Crippen LogP contribution in [-0.2, 0) is 11.3 Å². The van der Waals surface area contributed by atoms with Crippen LogP contribution in [0.4, 0.5) is 14.3 Å². The first-order valence-corrected chi connectivity index (χ1v) is 7.38. The SMILES string of the molecule is CCOC(=O)c1csc(NC(=O)NCc2ccc(F)cc2)n1. The van der Waals surface area contributed by atoms with E-state index in [9.17, 15) is 14.0 Å². The standard InChI is InChI=1S/C14H14FN3O3S/c1-2-21-12(19)11-8-22-14(17-11)18-13(20)16-7-9-3-5-10(15)6-4-9/h3-6,8H,2,7H2,1H3,(H2,16,17,18,20). The fourth-order valence-electron chi connectivity index (χ4n) is 1.56. The lowest BCUT2D eigenvalue weighted by atomic mass is 10.2. The Balaban J connectivity index is 1.84. The fraction of sp³-hybridized carbons (Fsp3) is 0.214. The van der Waals surface area contributed by atoms with E-state index >= 15 is 0 Å². The molecule has 0 saturated carbocycles. The Morgan fingerprint density at radius 2 is 2.05 bits per heavy atom. The van der Waals surface area contributed by atoms with Crippen LogP contribution in [0, 0.1) is 5.82 Å². The molecule has 0 radical (unpaired) electrons. The van der Waals surface area contributed by atoms with Crippen LogP contribution in [0.3, 0.4) is 0 Å². The predicted molar refractivity (Wildman–Crippen MR) is 80.3 cm³/mol. The number of nitrogens with one attached hydrogen (secondary N) is 2. The molecular formula is C14H14FN3O3S. The minimum Gasteiger partial charge on any atom is -0.461 e.